The summed E-state index contributed by atoms with van der Waals surface area (Å²) in [4.78, 5) is 0. The van der Waals surface area contributed by atoms with Gasteiger partial charge in [-0.3, -0.25) is 0 Å². The lowest BCUT2D eigenvalue weighted by molar-refractivity contribution is 0.324. The molecule has 0 fully saturated rings. The molecule has 0 aliphatic heterocycles. The van der Waals surface area contributed by atoms with Crippen LogP contribution in [0, 0.1) is 5.92 Å². The van der Waals surface area contributed by atoms with E-state index in [0.29, 0.717) is 23.2 Å². The summed E-state index contributed by atoms with van der Waals surface area (Å²) >= 11 is 0. The number of methoxy groups -OCH3 is 3. The fraction of sp³-hybridized carbons (Fsp3) is 0.538. The Kier molecular flexibility index (Phi) is 4.94. The molecule has 1 aromatic rings. The molecule has 0 unspecified atom stereocenters. The predicted molar refractivity (Wildman–Crippen MR) is 69.4 cm³/mol. The maximum Gasteiger partial charge on any atom is 0.203 e. The minimum absolute atomic E-state index is 0.578. The molecule has 4 heteroatoms. The molecule has 0 bridgehead atoms. The van der Waals surface area contributed by atoms with Gasteiger partial charge in [-0.2, -0.15) is 0 Å². The summed E-state index contributed by atoms with van der Waals surface area (Å²) in [5, 5.41) is 3.33. The predicted octanol–water partition coefficient (Wildman–Crippen LogP) is 2.78. The minimum atomic E-state index is 0.578. The Labute approximate surface area is 103 Å². The number of rotatable bonds is 6. The Balaban J connectivity index is 3.00. The van der Waals surface area contributed by atoms with Crippen molar-refractivity contribution in [3.8, 4) is 17.2 Å². The average Bonchev–Trinajstić information content (AvgIpc) is 2.34. The van der Waals surface area contributed by atoms with E-state index in [0.717, 1.165) is 12.2 Å². The van der Waals surface area contributed by atoms with Crippen LogP contribution in [0.1, 0.15) is 13.8 Å². The summed E-state index contributed by atoms with van der Waals surface area (Å²) in [5.41, 5.74) is 0.966. The zero-order chi connectivity index (χ0) is 12.8. The lowest BCUT2D eigenvalue weighted by Crippen LogP contribution is -2.08. The van der Waals surface area contributed by atoms with Crippen LogP contribution in [0.2, 0.25) is 0 Å². The van der Waals surface area contributed by atoms with Crippen molar-refractivity contribution in [1.82, 2.24) is 0 Å². The first-order chi connectivity index (χ1) is 8.12. The summed E-state index contributed by atoms with van der Waals surface area (Å²) in [7, 11) is 4.83. The van der Waals surface area contributed by atoms with Crippen LogP contribution in [0.25, 0.3) is 0 Å². The average molecular weight is 239 g/mol. The molecule has 0 atom stereocenters. The third kappa shape index (κ3) is 3.44. The molecule has 96 valence electrons. The van der Waals surface area contributed by atoms with E-state index in [4.69, 9.17) is 14.2 Å². The number of nitrogens with one attached hydrogen (secondary N) is 1. The summed E-state index contributed by atoms with van der Waals surface area (Å²) in [6.45, 7) is 5.22. The fourth-order valence-corrected chi connectivity index (χ4v) is 1.51. The first kappa shape index (κ1) is 13.5. The Morgan fingerprint density at radius 2 is 1.53 bits per heavy atom. The van der Waals surface area contributed by atoms with Crippen LogP contribution in [0.3, 0.4) is 0 Å². The highest BCUT2D eigenvalue weighted by atomic mass is 16.5. The second-order valence-electron chi connectivity index (χ2n) is 4.19. The smallest absolute Gasteiger partial charge is 0.203 e. The number of hydrogen-bond acceptors (Lipinski definition) is 4. The van der Waals surface area contributed by atoms with Gasteiger partial charge in [0.1, 0.15) is 0 Å². The van der Waals surface area contributed by atoms with Gasteiger partial charge in [0.15, 0.2) is 11.5 Å². The minimum Gasteiger partial charge on any atom is -0.493 e. The zero-order valence-electron chi connectivity index (χ0n) is 11.2. The molecule has 0 amide bonds. The van der Waals surface area contributed by atoms with Gasteiger partial charge >= 0.3 is 0 Å². The van der Waals surface area contributed by atoms with Gasteiger partial charge in [0, 0.05) is 24.4 Å². The van der Waals surface area contributed by atoms with E-state index in [2.05, 4.69) is 19.2 Å². The fourth-order valence-electron chi connectivity index (χ4n) is 1.51. The van der Waals surface area contributed by atoms with Gasteiger partial charge in [-0.1, -0.05) is 13.8 Å². The summed E-state index contributed by atoms with van der Waals surface area (Å²) < 4.78 is 15.8. The lowest BCUT2D eigenvalue weighted by Gasteiger charge is -2.15. The van der Waals surface area contributed by atoms with Crippen LogP contribution in [0.15, 0.2) is 12.1 Å². The van der Waals surface area contributed by atoms with Crippen molar-refractivity contribution >= 4 is 5.69 Å². The molecule has 17 heavy (non-hydrogen) atoms. The van der Waals surface area contributed by atoms with E-state index >= 15 is 0 Å². The maximum atomic E-state index is 5.28. The first-order valence-corrected chi connectivity index (χ1v) is 5.66. The Morgan fingerprint density at radius 1 is 1.00 bits per heavy atom. The van der Waals surface area contributed by atoms with Gasteiger partial charge in [-0.15, -0.1) is 0 Å². The lowest BCUT2D eigenvalue weighted by atomic mass is 10.2. The summed E-state index contributed by atoms with van der Waals surface area (Å²) in [6.07, 6.45) is 0. The second kappa shape index (κ2) is 6.23. The van der Waals surface area contributed by atoms with Crippen molar-refractivity contribution in [3.05, 3.63) is 12.1 Å². The largest absolute Gasteiger partial charge is 0.493 e. The molecule has 0 saturated carbocycles. The van der Waals surface area contributed by atoms with Gasteiger partial charge in [0.2, 0.25) is 5.75 Å². The quantitative estimate of drug-likeness (QED) is 0.828. The molecule has 0 aromatic heterocycles. The number of benzene rings is 1. The molecule has 0 aliphatic rings. The van der Waals surface area contributed by atoms with E-state index in [1.807, 2.05) is 12.1 Å². The van der Waals surface area contributed by atoms with Gasteiger partial charge in [0.25, 0.3) is 0 Å². The van der Waals surface area contributed by atoms with Crippen molar-refractivity contribution in [3.63, 3.8) is 0 Å². The highest BCUT2D eigenvalue weighted by Crippen LogP contribution is 2.39. The SMILES string of the molecule is COc1cc(NCC(C)C)cc(OC)c1OC. The van der Waals surface area contributed by atoms with Crippen molar-refractivity contribution < 1.29 is 14.2 Å². The van der Waals surface area contributed by atoms with Gasteiger partial charge in [0.05, 0.1) is 21.3 Å². The number of hydrogen-bond donors (Lipinski definition) is 1. The number of anilines is 1. The van der Waals surface area contributed by atoms with Gasteiger partial charge in [-0.05, 0) is 5.92 Å². The summed E-state index contributed by atoms with van der Waals surface area (Å²) in [6, 6.07) is 3.81. The van der Waals surface area contributed by atoms with Crippen molar-refractivity contribution in [2.45, 2.75) is 13.8 Å². The van der Waals surface area contributed by atoms with Crippen LogP contribution in [-0.4, -0.2) is 27.9 Å². The van der Waals surface area contributed by atoms with E-state index in [1.54, 1.807) is 21.3 Å². The van der Waals surface area contributed by atoms with Gasteiger partial charge < -0.3 is 19.5 Å². The summed E-state index contributed by atoms with van der Waals surface area (Å²) in [5.74, 6) is 2.52. The molecule has 4 nitrogen and oxygen atoms in total. The Hall–Kier alpha value is -1.58. The zero-order valence-corrected chi connectivity index (χ0v) is 11.2. The maximum absolute atomic E-state index is 5.28. The molecule has 0 spiro atoms. The second-order valence-corrected chi connectivity index (χ2v) is 4.19. The third-order valence-electron chi connectivity index (χ3n) is 2.38. The monoisotopic (exact) mass is 239 g/mol. The van der Waals surface area contributed by atoms with Crippen LogP contribution >= 0.6 is 0 Å². The molecular formula is C13H21NO3. The molecule has 1 rings (SSSR count). The molecule has 0 radical (unpaired) electrons. The highest BCUT2D eigenvalue weighted by molar-refractivity contribution is 5.62. The van der Waals surface area contributed by atoms with Crippen molar-refractivity contribution in [1.29, 1.82) is 0 Å². The topological polar surface area (TPSA) is 39.7 Å². The molecular weight excluding hydrogens is 218 g/mol. The van der Waals surface area contributed by atoms with E-state index < -0.39 is 0 Å². The van der Waals surface area contributed by atoms with Crippen molar-refractivity contribution in [2.24, 2.45) is 5.92 Å². The molecule has 0 heterocycles. The first-order valence-electron chi connectivity index (χ1n) is 5.66. The van der Waals surface area contributed by atoms with Crippen LogP contribution in [-0.2, 0) is 0 Å². The van der Waals surface area contributed by atoms with E-state index in [9.17, 15) is 0 Å². The standard InChI is InChI=1S/C13H21NO3/c1-9(2)8-14-10-6-11(15-3)13(17-5)12(7-10)16-4/h6-7,9,14H,8H2,1-5H3. The Bertz CT molecular complexity index is 339. The van der Waals surface area contributed by atoms with E-state index in [-0.39, 0.29) is 0 Å². The highest BCUT2D eigenvalue weighted by Gasteiger charge is 2.12. The van der Waals surface area contributed by atoms with Gasteiger partial charge in [-0.25, -0.2) is 0 Å². The normalized spacial score (nSPS) is 10.2. The van der Waals surface area contributed by atoms with Crippen LogP contribution in [0.5, 0.6) is 17.2 Å². The third-order valence-corrected chi connectivity index (χ3v) is 2.38. The van der Waals surface area contributed by atoms with Crippen LogP contribution < -0.4 is 19.5 Å². The number of ether oxygens (including phenoxy) is 3. The molecule has 0 aliphatic carbocycles. The Morgan fingerprint density at radius 3 is 1.88 bits per heavy atom. The van der Waals surface area contributed by atoms with Crippen LogP contribution in [0.4, 0.5) is 5.69 Å². The molecule has 0 saturated heterocycles. The van der Waals surface area contributed by atoms with E-state index in [1.165, 1.54) is 0 Å². The molecule has 1 N–H and O–H groups in total. The molecule has 1 aromatic carbocycles. The van der Waals surface area contributed by atoms with Crippen molar-refractivity contribution in [2.75, 3.05) is 33.2 Å².